The van der Waals surface area contributed by atoms with Gasteiger partial charge < -0.3 is 4.90 Å². The maximum absolute atomic E-state index is 2.44. The molecule has 0 aliphatic rings. The van der Waals surface area contributed by atoms with Gasteiger partial charge in [0.2, 0.25) is 0 Å². The molecule has 1 heteroatoms. The SMILES string of the molecule is c1ccc(-c2cccc3cccc(-c4ccccc4N(c4ccccc4)c4ccccc4-c4cccc5cccc(-c6ccccc6)c45)c23)cc1. The predicted octanol–water partition coefficient (Wildman–Crippen LogP) is 14.1. The predicted molar refractivity (Wildman–Crippen MR) is 218 cm³/mol. The van der Waals surface area contributed by atoms with Crippen LogP contribution in [-0.2, 0) is 0 Å². The van der Waals surface area contributed by atoms with Crippen molar-refractivity contribution in [1.82, 2.24) is 0 Å². The average molecular weight is 650 g/mol. The van der Waals surface area contributed by atoms with E-state index in [0.717, 1.165) is 17.1 Å². The van der Waals surface area contributed by atoms with E-state index in [9.17, 15) is 0 Å². The van der Waals surface area contributed by atoms with Crippen molar-refractivity contribution in [3.8, 4) is 44.5 Å². The molecule has 0 bridgehead atoms. The smallest absolute Gasteiger partial charge is 0.0540 e. The highest BCUT2D eigenvalue weighted by Crippen LogP contribution is 2.48. The minimum Gasteiger partial charge on any atom is -0.309 e. The molecule has 0 N–H and O–H groups in total. The molecular weight excluding hydrogens is 615 g/mol. The summed E-state index contributed by atoms with van der Waals surface area (Å²) in [5.74, 6) is 0. The van der Waals surface area contributed by atoms with Crippen molar-refractivity contribution in [3.05, 3.63) is 212 Å². The molecule has 0 aliphatic heterocycles. The van der Waals surface area contributed by atoms with Crippen molar-refractivity contribution in [1.29, 1.82) is 0 Å². The van der Waals surface area contributed by atoms with Crippen LogP contribution in [0.15, 0.2) is 212 Å². The number of nitrogens with zero attached hydrogens (tertiary/aromatic N) is 1. The van der Waals surface area contributed by atoms with Crippen molar-refractivity contribution in [2.75, 3.05) is 4.90 Å². The molecule has 0 heterocycles. The van der Waals surface area contributed by atoms with Gasteiger partial charge in [0, 0.05) is 16.8 Å². The molecule has 0 aromatic heterocycles. The second kappa shape index (κ2) is 13.3. The molecule has 51 heavy (non-hydrogen) atoms. The fourth-order valence-corrected chi connectivity index (χ4v) is 7.63. The fraction of sp³-hybridized carbons (Fsp3) is 0. The van der Waals surface area contributed by atoms with Crippen molar-refractivity contribution in [2.24, 2.45) is 0 Å². The van der Waals surface area contributed by atoms with E-state index >= 15 is 0 Å². The number of benzene rings is 9. The summed E-state index contributed by atoms with van der Waals surface area (Å²) in [6, 6.07) is 76.6. The second-order valence-corrected chi connectivity index (χ2v) is 12.9. The zero-order chi connectivity index (χ0) is 34.0. The zero-order valence-corrected chi connectivity index (χ0v) is 28.2. The monoisotopic (exact) mass is 649 g/mol. The first-order valence-corrected chi connectivity index (χ1v) is 17.5. The Hall–Kier alpha value is -6.70. The third kappa shape index (κ3) is 5.56. The van der Waals surface area contributed by atoms with Gasteiger partial charge in [-0.05, 0) is 79.2 Å². The number of hydrogen-bond acceptors (Lipinski definition) is 1. The standard InChI is InChI=1S/C50H35N/c1-4-18-36(19-5-1)41-30-14-22-38-24-16-32-45(49(38)41)43-28-10-12-34-47(43)51(40-26-8-3-9-27-40)48-35-13-11-29-44(48)46-33-17-25-39-23-15-31-42(50(39)46)37-20-6-2-7-21-37/h1-35H. The van der Waals surface area contributed by atoms with Crippen LogP contribution in [0, 0.1) is 0 Å². The van der Waals surface area contributed by atoms with Gasteiger partial charge >= 0.3 is 0 Å². The van der Waals surface area contributed by atoms with E-state index in [2.05, 4.69) is 217 Å². The Morgan fingerprint density at radius 3 is 1.00 bits per heavy atom. The van der Waals surface area contributed by atoms with Crippen LogP contribution in [0.3, 0.4) is 0 Å². The summed E-state index contributed by atoms with van der Waals surface area (Å²) in [7, 11) is 0. The van der Waals surface area contributed by atoms with E-state index in [1.165, 1.54) is 66.1 Å². The molecule has 0 spiro atoms. The first kappa shape index (κ1) is 30.4. The van der Waals surface area contributed by atoms with E-state index < -0.39 is 0 Å². The molecule has 9 aromatic rings. The lowest BCUT2D eigenvalue weighted by Gasteiger charge is -2.30. The van der Waals surface area contributed by atoms with Gasteiger partial charge in [-0.3, -0.25) is 0 Å². The second-order valence-electron chi connectivity index (χ2n) is 12.9. The van der Waals surface area contributed by atoms with Crippen LogP contribution < -0.4 is 4.90 Å². The summed E-state index contributed by atoms with van der Waals surface area (Å²) in [5.41, 5.74) is 13.0. The Morgan fingerprint density at radius 2 is 0.569 bits per heavy atom. The Morgan fingerprint density at radius 1 is 0.235 bits per heavy atom. The molecule has 9 aromatic carbocycles. The first-order chi connectivity index (χ1) is 25.3. The summed E-state index contributed by atoms with van der Waals surface area (Å²) in [6.07, 6.45) is 0. The molecule has 9 rings (SSSR count). The topological polar surface area (TPSA) is 3.24 Å². The number of anilines is 3. The molecule has 1 nitrogen and oxygen atoms in total. The summed E-state index contributed by atoms with van der Waals surface area (Å²) >= 11 is 0. The Balaban J connectivity index is 1.31. The Bertz CT molecular complexity index is 2450. The third-order valence-corrected chi connectivity index (χ3v) is 9.86. The summed E-state index contributed by atoms with van der Waals surface area (Å²) < 4.78 is 0. The van der Waals surface area contributed by atoms with Crippen LogP contribution in [0.5, 0.6) is 0 Å². The van der Waals surface area contributed by atoms with Gasteiger partial charge in [0.05, 0.1) is 11.4 Å². The van der Waals surface area contributed by atoms with Crippen molar-refractivity contribution in [2.45, 2.75) is 0 Å². The average Bonchev–Trinajstić information content (AvgIpc) is 3.21. The van der Waals surface area contributed by atoms with Gasteiger partial charge in [0.1, 0.15) is 0 Å². The van der Waals surface area contributed by atoms with Crippen molar-refractivity contribution >= 4 is 38.6 Å². The minimum atomic E-state index is 1.10. The normalized spacial score (nSPS) is 11.1. The molecule has 0 unspecified atom stereocenters. The Labute approximate surface area is 299 Å². The quantitative estimate of drug-likeness (QED) is 0.166. The lowest BCUT2D eigenvalue weighted by atomic mass is 9.89. The number of para-hydroxylation sites is 3. The van der Waals surface area contributed by atoms with Crippen LogP contribution in [0.4, 0.5) is 17.1 Å². The van der Waals surface area contributed by atoms with E-state index in [1.54, 1.807) is 0 Å². The lowest BCUT2D eigenvalue weighted by Crippen LogP contribution is -2.12. The Kier molecular flexibility index (Phi) is 7.92. The number of rotatable bonds is 7. The molecule has 0 amide bonds. The third-order valence-electron chi connectivity index (χ3n) is 9.86. The van der Waals surface area contributed by atoms with Crippen LogP contribution in [0.1, 0.15) is 0 Å². The summed E-state index contributed by atoms with van der Waals surface area (Å²) in [4.78, 5) is 2.44. The van der Waals surface area contributed by atoms with Gasteiger partial charge in [-0.25, -0.2) is 0 Å². The van der Waals surface area contributed by atoms with Crippen LogP contribution >= 0.6 is 0 Å². The van der Waals surface area contributed by atoms with Crippen LogP contribution in [0.2, 0.25) is 0 Å². The molecular formula is C50H35N. The van der Waals surface area contributed by atoms with Gasteiger partial charge in [-0.2, -0.15) is 0 Å². The molecule has 240 valence electrons. The van der Waals surface area contributed by atoms with Crippen LogP contribution in [-0.4, -0.2) is 0 Å². The molecule has 0 atom stereocenters. The van der Waals surface area contributed by atoms with Crippen molar-refractivity contribution in [3.63, 3.8) is 0 Å². The lowest BCUT2D eigenvalue weighted by molar-refractivity contribution is 1.29. The number of fused-ring (bicyclic) bond motifs is 2. The van der Waals surface area contributed by atoms with Crippen LogP contribution in [0.25, 0.3) is 66.1 Å². The van der Waals surface area contributed by atoms with Gasteiger partial charge in [-0.1, -0.05) is 188 Å². The van der Waals surface area contributed by atoms with E-state index in [-0.39, 0.29) is 0 Å². The highest BCUT2D eigenvalue weighted by Gasteiger charge is 2.23. The maximum atomic E-state index is 2.44. The molecule has 0 fully saturated rings. The summed E-state index contributed by atoms with van der Waals surface area (Å²) in [5, 5.41) is 4.95. The summed E-state index contributed by atoms with van der Waals surface area (Å²) in [6.45, 7) is 0. The van der Waals surface area contributed by atoms with Gasteiger partial charge in [0.25, 0.3) is 0 Å². The minimum absolute atomic E-state index is 1.10. The van der Waals surface area contributed by atoms with Crippen molar-refractivity contribution < 1.29 is 0 Å². The molecule has 0 radical (unpaired) electrons. The van der Waals surface area contributed by atoms with E-state index in [4.69, 9.17) is 0 Å². The molecule has 0 saturated carbocycles. The number of hydrogen-bond donors (Lipinski definition) is 0. The van der Waals surface area contributed by atoms with E-state index in [0.29, 0.717) is 0 Å². The first-order valence-electron chi connectivity index (χ1n) is 17.5. The van der Waals surface area contributed by atoms with Gasteiger partial charge in [0.15, 0.2) is 0 Å². The molecule has 0 aliphatic carbocycles. The fourth-order valence-electron chi connectivity index (χ4n) is 7.63. The largest absolute Gasteiger partial charge is 0.309 e. The van der Waals surface area contributed by atoms with E-state index in [1.807, 2.05) is 0 Å². The maximum Gasteiger partial charge on any atom is 0.0540 e. The zero-order valence-electron chi connectivity index (χ0n) is 28.2. The molecule has 0 saturated heterocycles. The highest BCUT2D eigenvalue weighted by atomic mass is 15.1. The van der Waals surface area contributed by atoms with Gasteiger partial charge in [-0.15, -0.1) is 0 Å². The highest BCUT2D eigenvalue weighted by molar-refractivity contribution is 6.11.